The molecule has 0 spiro atoms. The highest BCUT2D eigenvalue weighted by Crippen LogP contribution is 2.32. The highest BCUT2D eigenvalue weighted by Gasteiger charge is 2.35. The molecule has 0 bridgehead atoms. The van der Waals surface area contributed by atoms with E-state index in [2.05, 4.69) is 15.5 Å². The molecular weight excluding hydrogens is 662 g/mol. The molecule has 1 aliphatic rings. The summed E-state index contributed by atoms with van der Waals surface area (Å²) in [5.74, 6) is -0.267. The maximum atomic E-state index is 14.1. The van der Waals surface area contributed by atoms with Gasteiger partial charge in [-0.3, -0.25) is 9.69 Å². The maximum absolute atomic E-state index is 14.1. The van der Waals surface area contributed by atoms with Crippen molar-refractivity contribution in [3.63, 3.8) is 0 Å². The van der Waals surface area contributed by atoms with Crippen molar-refractivity contribution in [1.82, 2.24) is 15.5 Å². The van der Waals surface area contributed by atoms with Crippen LogP contribution in [0.3, 0.4) is 0 Å². The third kappa shape index (κ3) is 13.2. The molecule has 11 nitrogen and oxygen atoms in total. The summed E-state index contributed by atoms with van der Waals surface area (Å²) in [6.45, 7) is 9.35. The van der Waals surface area contributed by atoms with Gasteiger partial charge in [-0.1, -0.05) is 66.7 Å². The largest absolute Gasteiger partial charge is 0.492 e. The number of alkyl carbamates (subject to hydrolysis) is 1. The number of nitrogens with one attached hydrogen (secondary N) is 2. The molecule has 0 aromatic heterocycles. The molecule has 3 aromatic rings. The van der Waals surface area contributed by atoms with Gasteiger partial charge in [0.15, 0.2) is 0 Å². The Balaban J connectivity index is 1.50. The Morgan fingerprint density at radius 1 is 0.846 bits per heavy atom. The zero-order valence-electron chi connectivity index (χ0n) is 31.3. The van der Waals surface area contributed by atoms with Crippen LogP contribution in [0.1, 0.15) is 55.5 Å². The molecule has 5 unspecified atom stereocenters. The SMILES string of the molecule is COCCN(CCOC)CCOc1ccc(CC(CC(O)C(Cc2ccccc2)NC(=O)OC(C)(C)C)C(=O)NC2c3ccccc3CC2O)cc1. The van der Waals surface area contributed by atoms with Gasteiger partial charge in [-0.2, -0.15) is 0 Å². The topological polar surface area (TPSA) is 139 Å². The molecule has 11 heteroatoms. The molecule has 4 rings (SSSR count). The average molecular weight is 720 g/mol. The second kappa shape index (κ2) is 20.3. The first-order valence-corrected chi connectivity index (χ1v) is 18.2. The highest BCUT2D eigenvalue weighted by molar-refractivity contribution is 5.80. The van der Waals surface area contributed by atoms with E-state index in [1.165, 1.54) is 0 Å². The van der Waals surface area contributed by atoms with E-state index < -0.39 is 41.9 Å². The van der Waals surface area contributed by atoms with Crippen LogP contribution in [0.25, 0.3) is 0 Å². The van der Waals surface area contributed by atoms with Crippen molar-refractivity contribution in [3.8, 4) is 5.75 Å². The molecule has 0 fully saturated rings. The summed E-state index contributed by atoms with van der Waals surface area (Å²) >= 11 is 0. The minimum absolute atomic E-state index is 0.0562. The van der Waals surface area contributed by atoms with Gasteiger partial charge in [-0.15, -0.1) is 0 Å². The molecule has 0 saturated heterocycles. The molecule has 3 aromatic carbocycles. The minimum Gasteiger partial charge on any atom is -0.492 e. The molecule has 4 N–H and O–H groups in total. The minimum atomic E-state index is -1.09. The van der Waals surface area contributed by atoms with Gasteiger partial charge in [0, 0.05) is 46.2 Å². The Labute approximate surface area is 308 Å². The molecule has 284 valence electrons. The van der Waals surface area contributed by atoms with Gasteiger partial charge in [0.25, 0.3) is 0 Å². The number of nitrogens with zero attached hydrogens (tertiary/aromatic N) is 1. The fourth-order valence-electron chi connectivity index (χ4n) is 6.44. The lowest BCUT2D eigenvalue weighted by atomic mass is 9.88. The molecule has 5 atom stereocenters. The first-order valence-electron chi connectivity index (χ1n) is 18.2. The third-order valence-electron chi connectivity index (χ3n) is 9.17. The smallest absolute Gasteiger partial charge is 0.407 e. The fourth-order valence-corrected chi connectivity index (χ4v) is 6.44. The van der Waals surface area contributed by atoms with Crippen molar-refractivity contribution in [1.29, 1.82) is 0 Å². The second-order valence-electron chi connectivity index (χ2n) is 14.4. The van der Waals surface area contributed by atoms with Crippen LogP contribution in [0.2, 0.25) is 0 Å². The molecule has 0 radical (unpaired) electrons. The fraction of sp³-hybridized carbons (Fsp3) is 0.512. The van der Waals surface area contributed by atoms with Gasteiger partial charge < -0.3 is 39.8 Å². The van der Waals surface area contributed by atoms with Gasteiger partial charge >= 0.3 is 6.09 Å². The number of ether oxygens (including phenoxy) is 4. The number of aliphatic hydroxyl groups excluding tert-OH is 2. The van der Waals surface area contributed by atoms with Crippen LogP contribution in [0.5, 0.6) is 5.75 Å². The number of methoxy groups -OCH3 is 2. The summed E-state index contributed by atoms with van der Waals surface area (Å²) in [6, 6.07) is 23.6. The number of hydrogen-bond donors (Lipinski definition) is 4. The van der Waals surface area contributed by atoms with Crippen molar-refractivity contribution in [2.75, 3.05) is 53.7 Å². The lowest BCUT2D eigenvalue weighted by Gasteiger charge is -2.30. The number of carbonyl (C=O) groups is 2. The normalized spacial score (nSPS) is 17.2. The second-order valence-corrected chi connectivity index (χ2v) is 14.4. The van der Waals surface area contributed by atoms with Crippen molar-refractivity contribution in [2.24, 2.45) is 5.92 Å². The summed E-state index contributed by atoms with van der Waals surface area (Å²) < 4.78 is 22.0. The van der Waals surface area contributed by atoms with E-state index in [1.54, 1.807) is 35.0 Å². The summed E-state index contributed by atoms with van der Waals surface area (Å²) in [5.41, 5.74) is 2.97. The Morgan fingerprint density at radius 2 is 1.46 bits per heavy atom. The van der Waals surface area contributed by atoms with E-state index in [0.29, 0.717) is 51.4 Å². The van der Waals surface area contributed by atoms with Crippen LogP contribution in [-0.2, 0) is 38.3 Å². The first-order chi connectivity index (χ1) is 25.0. The van der Waals surface area contributed by atoms with Crippen molar-refractivity contribution < 1.29 is 38.7 Å². The van der Waals surface area contributed by atoms with Crippen molar-refractivity contribution in [3.05, 3.63) is 101 Å². The van der Waals surface area contributed by atoms with E-state index in [-0.39, 0.29) is 12.3 Å². The molecular formula is C41H57N3O8. The van der Waals surface area contributed by atoms with Crippen LogP contribution in [0.4, 0.5) is 4.79 Å². The van der Waals surface area contributed by atoms with Gasteiger partial charge in [0.2, 0.25) is 5.91 Å². The summed E-state index contributed by atoms with van der Waals surface area (Å²) in [4.78, 5) is 29.3. The Bertz CT molecular complexity index is 1510. The maximum Gasteiger partial charge on any atom is 0.407 e. The van der Waals surface area contributed by atoms with Crippen LogP contribution in [0.15, 0.2) is 78.9 Å². The zero-order valence-corrected chi connectivity index (χ0v) is 31.3. The average Bonchev–Trinajstić information content (AvgIpc) is 3.43. The molecule has 0 saturated carbocycles. The predicted octanol–water partition coefficient (Wildman–Crippen LogP) is 4.48. The molecule has 52 heavy (non-hydrogen) atoms. The van der Waals surface area contributed by atoms with Crippen molar-refractivity contribution in [2.45, 2.75) is 76.3 Å². The van der Waals surface area contributed by atoms with E-state index in [4.69, 9.17) is 18.9 Å². The zero-order chi connectivity index (χ0) is 37.5. The highest BCUT2D eigenvalue weighted by atomic mass is 16.6. The number of benzene rings is 3. The van der Waals surface area contributed by atoms with Crippen LogP contribution in [-0.4, -0.2) is 105 Å². The Hall–Kier alpha value is -4.00. The van der Waals surface area contributed by atoms with E-state index in [1.807, 2.05) is 78.9 Å². The molecule has 2 amide bonds. The number of amides is 2. The van der Waals surface area contributed by atoms with E-state index >= 15 is 0 Å². The van der Waals surface area contributed by atoms with Gasteiger partial charge in [0.05, 0.1) is 37.5 Å². The number of aliphatic hydroxyl groups is 2. The quantitative estimate of drug-likeness (QED) is 0.133. The molecule has 1 aliphatic carbocycles. The van der Waals surface area contributed by atoms with Crippen LogP contribution < -0.4 is 15.4 Å². The van der Waals surface area contributed by atoms with Gasteiger partial charge in [-0.05, 0) is 74.4 Å². The molecule has 0 heterocycles. The lowest BCUT2D eigenvalue weighted by molar-refractivity contribution is -0.127. The van der Waals surface area contributed by atoms with E-state index in [9.17, 15) is 19.8 Å². The summed E-state index contributed by atoms with van der Waals surface area (Å²) in [7, 11) is 3.37. The third-order valence-corrected chi connectivity index (χ3v) is 9.17. The lowest BCUT2D eigenvalue weighted by Crippen LogP contribution is -2.48. The van der Waals surface area contributed by atoms with E-state index in [0.717, 1.165) is 35.3 Å². The Kier molecular flexibility index (Phi) is 15.9. The number of rotatable bonds is 20. The standard InChI is InChI=1S/C41H57N3O8/c1-41(2,3)52-40(48)42-35(26-29-11-7-6-8-12-29)36(45)28-32(39(47)43-38-34-14-10-9-13-31(34)27-37(38)46)25-30-15-17-33(18-16-30)51-24-21-44(19-22-49-4)20-23-50-5/h6-18,32,35-38,45-46H,19-28H2,1-5H3,(H,42,48)(H,43,47). The summed E-state index contributed by atoms with van der Waals surface area (Å²) in [5, 5.41) is 28.6. The number of hydrogen-bond acceptors (Lipinski definition) is 9. The van der Waals surface area contributed by atoms with Gasteiger partial charge in [0.1, 0.15) is 18.0 Å². The predicted molar refractivity (Wildman–Crippen MR) is 200 cm³/mol. The van der Waals surface area contributed by atoms with Gasteiger partial charge in [-0.25, -0.2) is 4.79 Å². The van der Waals surface area contributed by atoms with Crippen LogP contribution >= 0.6 is 0 Å². The first kappa shape index (κ1) is 40.8. The molecule has 0 aliphatic heterocycles. The van der Waals surface area contributed by atoms with Crippen LogP contribution in [0, 0.1) is 5.92 Å². The number of fused-ring (bicyclic) bond motifs is 1. The van der Waals surface area contributed by atoms with Crippen molar-refractivity contribution >= 4 is 12.0 Å². The monoisotopic (exact) mass is 719 g/mol. The Morgan fingerprint density at radius 3 is 2.12 bits per heavy atom. The number of carbonyl (C=O) groups excluding carboxylic acids is 2. The summed E-state index contributed by atoms with van der Waals surface area (Å²) in [6.07, 6.45) is -1.33.